The highest BCUT2D eigenvalue weighted by Gasteiger charge is 2.23. The van der Waals surface area contributed by atoms with Crippen LogP contribution in [0.4, 0.5) is 45.5 Å². The first kappa shape index (κ1) is 40.2. The number of benzene rings is 9. The van der Waals surface area contributed by atoms with Gasteiger partial charge in [0.15, 0.2) is 0 Å². The minimum atomic E-state index is -1.41. The molecule has 1 N–H and O–H groups in total. The van der Waals surface area contributed by atoms with Crippen LogP contribution in [0.15, 0.2) is 206 Å². The summed E-state index contributed by atoms with van der Waals surface area (Å²) in [5.41, 5.74) is 16.4. The van der Waals surface area contributed by atoms with E-state index in [1.165, 1.54) is 54.5 Å². The van der Waals surface area contributed by atoms with Gasteiger partial charge in [-0.15, -0.1) is 0 Å². The maximum Gasteiger partial charge on any atom is 0.0775 e. The second-order valence-electron chi connectivity index (χ2n) is 18.8. The van der Waals surface area contributed by atoms with Gasteiger partial charge < -0.3 is 15.1 Å². The summed E-state index contributed by atoms with van der Waals surface area (Å²) in [6, 6.07) is 75.9. The lowest BCUT2D eigenvalue weighted by Gasteiger charge is -2.27. The molecule has 0 atom stereocenters. The van der Waals surface area contributed by atoms with E-state index >= 15 is 0 Å². The van der Waals surface area contributed by atoms with Crippen molar-refractivity contribution in [1.29, 1.82) is 0 Å². The van der Waals surface area contributed by atoms with Gasteiger partial charge in [0.2, 0.25) is 0 Å². The Bertz CT molecular complexity index is 3060. The molecule has 0 fully saturated rings. The van der Waals surface area contributed by atoms with Crippen LogP contribution in [0.5, 0.6) is 0 Å². The highest BCUT2D eigenvalue weighted by atomic mass is 28.3. The van der Waals surface area contributed by atoms with E-state index < -0.39 is 16.1 Å². The molecule has 308 valence electrons. The second kappa shape index (κ2) is 16.1. The fourth-order valence-electron chi connectivity index (χ4n) is 9.06. The molecule has 3 nitrogen and oxygen atoms in total. The van der Waals surface area contributed by atoms with Gasteiger partial charge in [-0.05, 0) is 118 Å². The summed E-state index contributed by atoms with van der Waals surface area (Å²) in [5.74, 6) is 0. The summed E-state index contributed by atoms with van der Waals surface area (Å²) < 4.78 is 0. The van der Waals surface area contributed by atoms with E-state index in [2.05, 4.69) is 261 Å². The Kier molecular flexibility index (Phi) is 10.3. The monoisotopic (exact) mass is 847 g/mol. The molecule has 0 amide bonds. The van der Waals surface area contributed by atoms with Gasteiger partial charge in [0.05, 0.1) is 16.1 Å². The Morgan fingerprint density at radius 1 is 0.317 bits per heavy atom. The smallest absolute Gasteiger partial charge is 0.0775 e. The zero-order chi connectivity index (χ0) is 43.3. The van der Waals surface area contributed by atoms with Crippen LogP contribution in [0.25, 0.3) is 44.2 Å². The zero-order valence-electron chi connectivity index (χ0n) is 37.0. The molecular weight excluding hydrogens is 795 g/mol. The average Bonchev–Trinajstić information content (AvgIpc) is 3.30. The van der Waals surface area contributed by atoms with Crippen molar-refractivity contribution in [2.24, 2.45) is 0 Å². The first-order chi connectivity index (χ1) is 30.5. The predicted octanol–water partition coefficient (Wildman–Crippen LogP) is 15.9. The second-order valence-corrected chi connectivity index (χ2v) is 29.0. The Labute approximate surface area is 375 Å². The average molecular weight is 848 g/mol. The van der Waals surface area contributed by atoms with Crippen molar-refractivity contribution >= 4 is 82.8 Å². The van der Waals surface area contributed by atoms with Gasteiger partial charge in [-0.2, -0.15) is 0 Å². The molecule has 0 bridgehead atoms. The normalized spacial score (nSPS) is 12.1. The number of fused-ring (bicyclic) bond motifs is 2. The van der Waals surface area contributed by atoms with Crippen molar-refractivity contribution in [1.82, 2.24) is 0 Å². The van der Waals surface area contributed by atoms with E-state index in [0.717, 1.165) is 45.5 Å². The fraction of sp³-hybridized carbons (Fsp3) is 0.103. The summed E-state index contributed by atoms with van der Waals surface area (Å²) in [6.45, 7) is 14.4. The van der Waals surface area contributed by atoms with Crippen molar-refractivity contribution in [3.05, 3.63) is 206 Å². The molecule has 1 aliphatic rings. The van der Waals surface area contributed by atoms with Gasteiger partial charge in [0.25, 0.3) is 0 Å². The fourth-order valence-corrected chi connectivity index (χ4v) is 11.4. The van der Waals surface area contributed by atoms with Crippen LogP contribution >= 0.6 is 0 Å². The molecule has 5 heteroatoms. The molecule has 1 heterocycles. The first-order valence-electron chi connectivity index (χ1n) is 22.1. The standard InChI is InChI=1S/C58H53N3Si2/c1-62(2,3)50-33-29-48(30-34-50)60(44-14-9-7-10-15-44)46-25-20-41(21-26-46)43-24-37-53-55-39-38-52(54-18-13-19-56(58(54)55)59-57(53)40-43)42-22-27-47(28-23-42)61(45-16-11-8-12-17-45)49-31-35-51(36-32-49)63(4,5)6/h7-40,59H,1-6H3. The SMILES string of the molecule is C[Si](C)(C)c1ccc(N(c2ccccc2)c2ccc(-c3ccc4c(c3)Nc3cccc5c(-c6ccc(N(c7ccccc7)c7ccc([Si](C)(C)C)cc7)cc6)ccc-4c35)cc2)cc1. The van der Waals surface area contributed by atoms with Crippen LogP contribution in [0, 0.1) is 0 Å². The summed E-state index contributed by atoms with van der Waals surface area (Å²) in [5, 5.41) is 9.28. The van der Waals surface area contributed by atoms with Crippen molar-refractivity contribution < 1.29 is 0 Å². The van der Waals surface area contributed by atoms with E-state index in [1.54, 1.807) is 0 Å². The molecule has 0 aliphatic carbocycles. The van der Waals surface area contributed by atoms with E-state index in [1.807, 2.05) is 0 Å². The molecule has 0 saturated heterocycles. The Hall–Kier alpha value is -6.93. The topological polar surface area (TPSA) is 18.5 Å². The summed E-state index contributed by atoms with van der Waals surface area (Å²) in [6.07, 6.45) is 0. The molecular formula is C58H53N3Si2. The third kappa shape index (κ3) is 7.79. The number of anilines is 8. The van der Waals surface area contributed by atoms with Crippen LogP contribution in [0.2, 0.25) is 39.3 Å². The van der Waals surface area contributed by atoms with E-state index in [4.69, 9.17) is 0 Å². The van der Waals surface area contributed by atoms with E-state index in [-0.39, 0.29) is 0 Å². The van der Waals surface area contributed by atoms with E-state index in [9.17, 15) is 0 Å². The number of rotatable bonds is 10. The van der Waals surface area contributed by atoms with Gasteiger partial charge in [-0.1, -0.05) is 171 Å². The first-order valence-corrected chi connectivity index (χ1v) is 29.1. The summed E-state index contributed by atoms with van der Waals surface area (Å²) in [4.78, 5) is 4.70. The van der Waals surface area contributed by atoms with Crippen molar-refractivity contribution in [3.63, 3.8) is 0 Å². The van der Waals surface area contributed by atoms with E-state index in [0.29, 0.717) is 0 Å². The molecule has 9 aromatic rings. The molecule has 10 rings (SSSR count). The quantitative estimate of drug-likeness (QED) is 0.138. The van der Waals surface area contributed by atoms with Crippen LogP contribution in [0.3, 0.4) is 0 Å². The van der Waals surface area contributed by atoms with Crippen LogP contribution in [0.1, 0.15) is 0 Å². The largest absolute Gasteiger partial charge is 0.354 e. The molecule has 9 aromatic carbocycles. The lowest BCUT2D eigenvalue weighted by molar-refractivity contribution is 1.28. The Balaban J connectivity index is 0.947. The van der Waals surface area contributed by atoms with Gasteiger partial charge in [-0.25, -0.2) is 0 Å². The molecule has 0 unspecified atom stereocenters. The maximum atomic E-state index is 3.85. The highest BCUT2D eigenvalue weighted by Crippen LogP contribution is 2.48. The van der Waals surface area contributed by atoms with Gasteiger partial charge >= 0.3 is 0 Å². The third-order valence-corrected chi connectivity index (χ3v) is 16.7. The van der Waals surface area contributed by atoms with Crippen molar-refractivity contribution in [3.8, 4) is 33.4 Å². The third-order valence-electron chi connectivity index (χ3n) is 12.5. The van der Waals surface area contributed by atoms with Crippen molar-refractivity contribution in [2.45, 2.75) is 39.3 Å². The minimum absolute atomic E-state index is 1.13. The number of nitrogens with one attached hydrogen (secondary N) is 1. The van der Waals surface area contributed by atoms with Crippen LogP contribution in [-0.2, 0) is 0 Å². The summed E-state index contributed by atoms with van der Waals surface area (Å²) in [7, 11) is -2.82. The zero-order valence-corrected chi connectivity index (χ0v) is 39.0. The number of hydrogen-bond donors (Lipinski definition) is 1. The molecule has 0 aromatic heterocycles. The lowest BCUT2D eigenvalue weighted by Crippen LogP contribution is -2.37. The molecule has 1 aliphatic heterocycles. The van der Waals surface area contributed by atoms with Gasteiger partial charge in [0.1, 0.15) is 0 Å². The minimum Gasteiger partial charge on any atom is -0.354 e. The van der Waals surface area contributed by atoms with Crippen LogP contribution in [-0.4, -0.2) is 16.1 Å². The predicted molar refractivity (Wildman–Crippen MR) is 279 cm³/mol. The molecule has 0 saturated carbocycles. The Morgan fingerprint density at radius 2 is 0.730 bits per heavy atom. The molecule has 0 radical (unpaired) electrons. The highest BCUT2D eigenvalue weighted by molar-refractivity contribution is 6.89. The number of nitrogens with zero attached hydrogens (tertiary/aromatic N) is 2. The molecule has 63 heavy (non-hydrogen) atoms. The lowest BCUT2D eigenvalue weighted by atomic mass is 9.87. The van der Waals surface area contributed by atoms with Crippen LogP contribution < -0.4 is 25.5 Å². The van der Waals surface area contributed by atoms with Gasteiger partial charge in [-0.3, -0.25) is 0 Å². The van der Waals surface area contributed by atoms with Crippen molar-refractivity contribution in [2.75, 3.05) is 15.1 Å². The summed E-state index contributed by atoms with van der Waals surface area (Å²) >= 11 is 0. The number of para-hydroxylation sites is 2. The maximum absolute atomic E-state index is 3.85. The Morgan fingerprint density at radius 3 is 1.22 bits per heavy atom. The molecule has 0 spiro atoms. The van der Waals surface area contributed by atoms with Gasteiger partial charge in [0, 0.05) is 56.4 Å². The number of hydrogen-bond acceptors (Lipinski definition) is 3.